The van der Waals surface area contributed by atoms with Crippen LogP contribution < -0.4 is 5.32 Å². The Labute approximate surface area is 108 Å². The third-order valence-corrected chi connectivity index (χ3v) is 3.17. The second-order valence-corrected chi connectivity index (χ2v) is 4.46. The largest absolute Gasteiger partial charge is 0.308 e. The molecule has 0 spiro atoms. The van der Waals surface area contributed by atoms with E-state index in [-0.39, 0.29) is 6.04 Å². The van der Waals surface area contributed by atoms with Gasteiger partial charge in [0, 0.05) is 6.54 Å². The van der Waals surface area contributed by atoms with Crippen LogP contribution >= 0.6 is 0 Å². The van der Waals surface area contributed by atoms with Gasteiger partial charge in [0.2, 0.25) is 0 Å². The first-order valence-electron chi connectivity index (χ1n) is 6.39. The van der Waals surface area contributed by atoms with Crippen LogP contribution in [0.15, 0.2) is 30.5 Å². The van der Waals surface area contributed by atoms with E-state index in [1.165, 1.54) is 11.1 Å². The lowest BCUT2D eigenvalue weighted by Gasteiger charge is -2.19. The Kier molecular flexibility index (Phi) is 4.10. The molecule has 0 radical (unpaired) electrons. The molecule has 4 nitrogen and oxygen atoms in total. The minimum absolute atomic E-state index is 0.146. The van der Waals surface area contributed by atoms with Crippen molar-refractivity contribution in [2.75, 3.05) is 7.05 Å². The molecular formula is C14H20N4. The van der Waals surface area contributed by atoms with Crippen LogP contribution in [-0.2, 0) is 6.54 Å². The Balaban J connectivity index is 2.39. The molecule has 2 rings (SSSR count). The van der Waals surface area contributed by atoms with Crippen LogP contribution in [0.3, 0.4) is 0 Å². The summed E-state index contributed by atoms with van der Waals surface area (Å²) in [6.45, 7) is 5.18. The highest BCUT2D eigenvalue weighted by molar-refractivity contribution is 5.33. The zero-order valence-electron chi connectivity index (χ0n) is 11.2. The molecule has 0 amide bonds. The molecule has 1 aromatic carbocycles. The molecule has 2 aromatic rings. The van der Waals surface area contributed by atoms with Gasteiger partial charge in [-0.25, -0.2) is 4.68 Å². The van der Waals surface area contributed by atoms with Gasteiger partial charge in [-0.15, -0.1) is 5.10 Å². The minimum atomic E-state index is 0.146. The molecule has 1 heterocycles. The number of hydrogen-bond donors (Lipinski definition) is 1. The predicted molar refractivity (Wildman–Crippen MR) is 72.4 cm³/mol. The highest BCUT2D eigenvalue weighted by Crippen LogP contribution is 2.23. The number of hydrogen-bond acceptors (Lipinski definition) is 3. The van der Waals surface area contributed by atoms with Crippen LogP contribution in [-0.4, -0.2) is 22.0 Å². The third-order valence-electron chi connectivity index (χ3n) is 3.17. The molecule has 1 N–H and O–H groups in total. The number of nitrogens with one attached hydrogen (secondary N) is 1. The van der Waals surface area contributed by atoms with Gasteiger partial charge in [-0.2, -0.15) is 0 Å². The molecule has 1 aromatic heterocycles. The van der Waals surface area contributed by atoms with Gasteiger partial charge in [0.05, 0.1) is 17.9 Å². The first-order chi connectivity index (χ1) is 8.77. The first kappa shape index (κ1) is 12.8. The van der Waals surface area contributed by atoms with E-state index in [4.69, 9.17) is 0 Å². The smallest absolute Gasteiger partial charge is 0.0801 e. The SMILES string of the molecule is CCCn1nncc1C(NC)c1ccccc1C. The van der Waals surface area contributed by atoms with Gasteiger partial charge < -0.3 is 5.32 Å². The maximum atomic E-state index is 4.16. The van der Waals surface area contributed by atoms with Crippen LogP contribution in [0.4, 0.5) is 0 Å². The monoisotopic (exact) mass is 244 g/mol. The fourth-order valence-electron chi connectivity index (χ4n) is 2.25. The van der Waals surface area contributed by atoms with Crippen LogP contribution in [0.2, 0.25) is 0 Å². The molecule has 0 aliphatic heterocycles. The summed E-state index contributed by atoms with van der Waals surface area (Å²) >= 11 is 0. The predicted octanol–water partition coefficient (Wildman–Crippen LogP) is 2.31. The van der Waals surface area contributed by atoms with Crippen LogP contribution in [0.25, 0.3) is 0 Å². The van der Waals surface area contributed by atoms with Crippen LogP contribution in [0.1, 0.15) is 36.2 Å². The molecule has 0 fully saturated rings. The summed E-state index contributed by atoms with van der Waals surface area (Å²) in [4.78, 5) is 0. The van der Waals surface area contributed by atoms with Crippen molar-refractivity contribution >= 4 is 0 Å². The van der Waals surface area contributed by atoms with E-state index in [1.807, 2.05) is 17.9 Å². The van der Waals surface area contributed by atoms with E-state index in [2.05, 4.69) is 53.7 Å². The van der Waals surface area contributed by atoms with Crippen LogP contribution in [0.5, 0.6) is 0 Å². The fourth-order valence-corrected chi connectivity index (χ4v) is 2.25. The number of rotatable bonds is 5. The number of nitrogens with zero attached hydrogens (tertiary/aromatic N) is 3. The molecule has 0 saturated heterocycles. The van der Waals surface area contributed by atoms with E-state index >= 15 is 0 Å². The van der Waals surface area contributed by atoms with Gasteiger partial charge in [-0.05, 0) is 31.5 Å². The van der Waals surface area contributed by atoms with Crippen molar-refractivity contribution in [2.24, 2.45) is 0 Å². The van der Waals surface area contributed by atoms with Gasteiger partial charge in [0.1, 0.15) is 0 Å². The summed E-state index contributed by atoms with van der Waals surface area (Å²) in [6.07, 6.45) is 2.91. The van der Waals surface area contributed by atoms with E-state index in [0.29, 0.717) is 0 Å². The molecule has 0 aliphatic rings. The van der Waals surface area contributed by atoms with Crippen molar-refractivity contribution < 1.29 is 0 Å². The molecule has 1 unspecified atom stereocenters. The maximum absolute atomic E-state index is 4.16. The second kappa shape index (κ2) is 5.78. The Morgan fingerprint density at radius 3 is 2.78 bits per heavy atom. The van der Waals surface area contributed by atoms with Crippen molar-refractivity contribution in [3.05, 3.63) is 47.3 Å². The second-order valence-electron chi connectivity index (χ2n) is 4.46. The van der Waals surface area contributed by atoms with E-state index in [9.17, 15) is 0 Å². The lowest BCUT2D eigenvalue weighted by molar-refractivity contribution is 0.522. The summed E-state index contributed by atoms with van der Waals surface area (Å²) in [5.41, 5.74) is 3.68. The Morgan fingerprint density at radius 2 is 2.11 bits per heavy atom. The van der Waals surface area contributed by atoms with Gasteiger partial charge in [0.25, 0.3) is 0 Å². The third kappa shape index (κ3) is 2.43. The topological polar surface area (TPSA) is 42.7 Å². The van der Waals surface area contributed by atoms with Crippen molar-refractivity contribution in [3.63, 3.8) is 0 Å². The average Bonchev–Trinajstić information content (AvgIpc) is 2.82. The molecule has 4 heteroatoms. The van der Waals surface area contributed by atoms with E-state index in [1.54, 1.807) is 0 Å². The zero-order valence-corrected chi connectivity index (χ0v) is 11.2. The lowest BCUT2D eigenvalue weighted by atomic mass is 9.99. The standard InChI is InChI=1S/C14H20N4/c1-4-9-18-13(10-16-17-18)14(15-3)12-8-6-5-7-11(12)2/h5-8,10,14-15H,4,9H2,1-3H3. The highest BCUT2D eigenvalue weighted by atomic mass is 15.4. The number of aromatic nitrogens is 3. The quantitative estimate of drug-likeness (QED) is 0.877. The molecule has 1 atom stereocenters. The minimum Gasteiger partial charge on any atom is -0.308 e. The first-order valence-corrected chi connectivity index (χ1v) is 6.39. The zero-order chi connectivity index (χ0) is 13.0. The Morgan fingerprint density at radius 1 is 1.33 bits per heavy atom. The lowest BCUT2D eigenvalue weighted by Crippen LogP contribution is -2.22. The van der Waals surface area contributed by atoms with E-state index < -0.39 is 0 Å². The maximum Gasteiger partial charge on any atom is 0.0801 e. The molecule has 18 heavy (non-hydrogen) atoms. The van der Waals surface area contributed by atoms with Gasteiger partial charge in [-0.3, -0.25) is 0 Å². The fraction of sp³-hybridized carbons (Fsp3) is 0.429. The van der Waals surface area contributed by atoms with Gasteiger partial charge >= 0.3 is 0 Å². The highest BCUT2D eigenvalue weighted by Gasteiger charge is 2.18. The molecule has 0 saturated carbocycles. The summed E-state index contributed by atoms with van der Waals surface area (Å²) in [7, 11) is 1.97. The van der Waals surface area contributed by atoms with Gasteiger partial charge in [-0.1, -0.05) is 36.4 Å². The molecule has 0 aliphatic carbocycles. The molecular weight excluding hydrogens is 224 g/mol. The number of benzene rings is 1. The van der Waals surface area contributed by atoms with Gasteiger partial charge in [0.15, 0.2) is 0 Å². The average molecular weight is 244 g/mol. The summed E-state index contributed by atoms with van der Waals surface area (Å²) in [6, 6.07) is 8.56. The molecule has 96 valence electrons. The van der Waals surface area contributed by atoms with Crippen LogP contribution in [0, 0.1) is 6.92 Å². The van der Waals surface area contributed by atoms with Crippen molar-refractivity contribution in [1.82, 2.24) is 20.3 Å². The summed E-state index contributed by atoms with van der Waals surface area (Å²) in [5, 5.41) is 11.6. The Bertz CT molecular complexity index is 504. The van der Waals surface area contributed by atoms with Crippen molar-refractivity contribution in [1.29, 1.82) is 0 Å². The summed E-state index contributed by atoms with van der Waals surface area (Å²) < 4.78 is 1.98. The molecule has 0 bridgehead atoms. The number of aryl methyl sites for hydroxylation is 2. The Hall–Kier alpha value is -1.68. The van der Waals surface area contributed by atoms with Crippen molar-refractivity contribution in [2.45, 2.75) is 32.9 Å². The van der Waals surface area contributed by atoms with Crippen molar-refractivity contribution in [3.8, 4) is 0 Å². The normalized spacial score (nSPS) is 12.6. The van der Waals surface area contributed by atoms with E-state index in [0.717, 1.165) is 18.7 Å². The summed E-state index contributed by atoms with van der Waals surface area (Å²) in [5.74, 6) is 0.